The third-order valence-corrected chi connectivity index (χ3v) is 3.49. The van der Waals surface area contributed by atoms with Crippen LogP contribution in [-0.2, 0) is 9.59 Å². The van der Waals surface area contributed by atoms with Crippen LogP contribution < -0.4 is 5.32 Å². The fourth-order valence-corrected chi connectivity index (χ4v) is 1.99. The minimum absolute atomic E-state index is 0.191. The minimum Gasteiger partial charge on any atom is -0.479 e. The molecule has 0 bridgehead atoms. The van der Waals surface area contributed by atoms with E-state index in [9.17, 15) is 19.5 Å². The van der Waals surface area contributed by atoms with Crippen LogP contribution in [0.2, 0.25) is 0 Å². The number of nitrogens with zero attached hydrogens (tertiary/aromatic N) is 2. The van der Waals surface area contributed by atoms with Gasteiger partial charge >= 0.3 is 12.0 Å². The topological polar surface area (TPSA) is 110 Å². The van der Waals surface area contributed by atoms with E-state index in [2.05, 4.69) is 5.32 Å². The van der Waals surface area contributed by atoms with E-state index in [1.54, 1.807) is 20.9 Å². The Morgan fingerprint density at radius 3 is 2.45 bits per heavy atom. The van der Waals surface area contributed by atoms with Crippen LogP contribution in [0.25, 0.3) is 0 Å². The zero-order valence-electron chi connectivity index (χ0n) is 12.1. The molecule has 8 nitrogen and oxygen atoms in total. The molecule has 1 heterocycles. The lowest BCUT2D eigenvalue weighted by Gasteiger charge is -2.44. The largest absolute Gasteiger partial charge is 0.479 e. The molecule has 1 aliphatic heterocycles. The predicted molar refractivity (Wildman–Crippen MR) is 70.1 cm³/mol. The summed E-state index contributed by atoms with van der Waals surface area (Å²) in [7, 11) is 1.66. The number of urea groups is 1. The van der Waals surface area contributed by atoms with Gasteiger partial charge in [-0.15, -0.1) is 0 Å². The molecule has 114 valence electrons. The molecule has 0 aliphatic carbocycles. The maximum atomic E-state index is 12.1. The van der Waals surface area contributed by atoms with E-state index >= 15 is 0 Å². The van der Waals surface area contributed by atoms with Crippen LogP contribution in [0.5, 0.6) is 0 Å². The second-order valence-electron chi connectivity index (χ2n) is 5.68. The Bertz CT molecular complexity index is 433. The molecule has 3 amide bonds. The number of carbonyl (C=O) groups is 3. The highest BCUT2D eigenvalue weighted by molar-refractivity contribution is 5.91. The number of hydrogen-bond acceptors (Lipinski definition) is 4. The average Bonchev–Trinajstić information content (AvgIpc) is 2.33. The number of aliphatic carboxylic acids is 1. The smallest absolute Gasteiger partial charge is 0.337 e. The van der Waals surface area contributed by atoms with E-state index in [-0.39, 0.29) is 5.91 Å². The van der Waals surface area contributed by atoms with Gasteiger partial charge < -0.3 is 25.3 Å². The number of hydrogen-bond donors (Lipinski definition) is 3. The molecule has 0 aromatic carbocycles. The van der Waals surface area contributed by atoms with Crippen molar-refractivity contribution in [3.8, 4) is 0 Å². The summed E-state index contributed by atoms with van der Waals surface area (Å²) in [5, 5.41) is 20.7. The monoisotopic (exact) mass is 287 g/mol. The van der Waals surface area contributed by atoms with Crippen molar-refractivity contribution in [2.45, 2.75) is 31.9 Å². The van der Waals surface area contributed by atoms with Crippen LogP contribution in [0.4, 0.5) is 4.79 Å². The molecule has 0 aromatic rings. The van der Waals surface area contributed by atoms with Crippen LogP contribution in [0, 0.1) is 0 Å². The van der Waals surface area contributed by atoms with Crippen molar-refractivity contribution in [3.63, 3.8) is 0 Å². The van der Waals surface area contributed by atoms with Gasteiger partial charge in [-0.1, -0.05) is 0 Å². The summed E-state index contributed by atoms with van der Waals surface area (Å²) in [4.78, 5) is 37.7. The Kier molecular flexibility index (Phi) is 4.28. The molecule has 1 rings (SSSR count). The lowest BCUT2D eigenvalue weighted by atomic mass is 9.98. The lowest BCUT2D eigenvalue weighted by molar-refractivity contribution is -0.156. The van der Waals surface area contributed by atoms with E-state index in [0.29, 0.717) is 13.1 Å². The van der Waals surface area contributed by atoms with Gasteiger partial charge in [-0.25, -0.2) is 9.59 Å². The highest BCUT2D eigenvalue weighted by atomic mass is 16.4. The molecule has 3 N–H and O–H groups in total. The van der Waals surface area contributed by atoms with E-state index < -0.39 is 29.7 Å². The van der Waals surface area contributed by atoms with Crippen LogP contribution in [-0.4, -0.2) is 75.7 Å². The molecular formula is C12H21N3O5. The molecule has 1 fully saturated rings. The fraction of sp³-hybridized carbons (Fsp3) is 0.750. The van der Waals surface area contributed by atoms with Gasteiger partial charge in [0.1, 0.15) is 5.54 Å². The molecule has 0 radical (unpaired) electrons. The van der Waals surface area contributed by atoms with Gasteiger partial charge in [0.2, 0.25) is 5.91 Å². The minimum atomic E-state index is -2.05. The molecule has 20 heavy (non-hydrogen) atoms. The number of likely N-dealkylation sites (N-methyl/N-ethyl adjacent to an activating group) is 1. The summed E-state index contributed by atoms with van der Waals surface area (Å²) in [6.45, 7) is 4.66. The first-order valence-corrected chi connectivity index (χ1v) is 6.27. The summed E-state index contributed by atoms with van der Waals surface area (Å²) in [6.07, 6.45) is 0. The van der Waals surface area contributed by atoms with Crippen LogP contribution in [0.15, 0.2) is 0 Å². The van der Waals surface area contributed by atoms with Gasteiger partial charge in [0, 0.05) is 20.1 Å². The number of aliphatic hydroxyl groups is 1. The van der Waals surface area contributed by atoms with Gasteiger partial charge in [-0.3, -0.25) is 4.79 Å². The standard InChI is InChI=1S/C12H21N3O5/c1-11(2)8(16)14(4)5-6-15(11)10(19)13-7-12(3,20)9(17)18/h20H,5-7H2,1-4H3,(H,13,19)(H,17,18). The Hall–Kier alpha value is -1.83. The van der Waals surface area contributed by atoms with Crippen molar-refractivity contribution in [2.24, 2.45) is 0 Å². The van der Waals surface area contributed by atoms with Crippen molar-refractivity contribution in [1.29, 1.82) is 0 Å². The highest BCUT2D eigenvalue weighted by Crippen LogP contribution is 2.21. The molecule has 1 atom stereocenters. The Labute approximate surface area is 117 Å². The second-order valence-corrected chi connectivity index (χ2v) is 5.68. The number of nitrogens with one attached hydrogen (secondary N) is 1. The highest BCUT2D eigenvalue weighted by Gasteiger charge is 2.43. The van der Waals surface area contributed by atoms with Crippen LogP contribution in [0.3, 0.4) is 0 Å². The number of carboxylic acid groups (broad SMARTS) is 1. The number of rotatable bonds is 3. The third-order valence-electron chi connectivity index (χ3n) is 3.49. The second kappa shape index (κ2) is 5.28. The molecular weight excluding hydrogens is 266 g/mol. The number of piperazine rings is 1. The fourth-order valence-electron chi connectivity index (χ4n) is 1.99. The van der Waals surface area contributed by atoms with Crippen molar-refractivity contribution in [2.75, 3.05) is 26.7 Å². The van der Waals surface area contributed by atoms with Gasteiger partial charge in [0.15, 0.2) is 5.60 Å². The van der Waals surface area contributed by atoms with Gasteiger partial charge in [-0.05, 0) is 20.8 Å². The molecule has 1 aliphatic rings. The third kappa shape index (κ3) is 3.01. The average molecular weight is 287 g/mol. The van der Waals surface area contributed by atoms with Crippen molar-refractivity contribution >= 4 is 17.9 Å². The van der Waals surface area contributed by atoms with E-state index in [0.717, 1.165) is 6.92 Å². The summed E-state index contributed by atoms with van der Waals surface area (Å²) in [6, 6.07) is -0.571. The van der Waals surface area contributed by atoms with E-state index in [1.807, 2.05) is 0 Å². The lowest BCUT2D eigenvalue weighted by Crippen LogP contribution is -2.66. The predicted octanol–water partition coefficient (Wildman–Crippen LogP) is -0.916. The summed E-state index contributed by atoms with van der Waals surface area (Å²) >= 11 is 0. The summed E-state index contributed by atoms with van der Waals surface area (Å²) in [5.41, 5.74) is -3.05. The first-order valence-electron chi connectivity index (χ1n) is 6.27. The Balaban J connectivity index is 2.73. The quantitative estimate of drug-likeness (QED) is 0.622. The number of carbonyl (C=O) groups excluding carboxylic acids is 2. The van der Waals surface area contributed by atoms with Crippen molar-refractivity contribution < 1.29 is 24.6 Å². The summed E-state index contributed by atoms with van der Waals surface area (Å²) < 4.78 is 0. The Morgan fingerprint density at radius 2 is 1.95 bits per heavy atom. The maximum Gasteiger partial charge on any atom is 0.337 e. The van der Waals surface area contributed by atoms with Crippen molar-refractivity contribution in [1.82, 2.24) is 15.1 Å². The SMILES string of the molecule is CN1CCN(C(=O)NCC(C)(O)C(=O)O)C(C)(C)C1=O. The molecule has 1 unspecified atom stereocenters. The van der Waals surface area contributed by atoms with E-state index in [4.69, 9.17) is 5.11 Å². The van der Waals surface area contributed by atoms with Crippen LogP contribution >= 0.6 is 0 Å². The number of amides is 3. The first kappa shape index (κ1) is 16.2. The Morgan fingerprint density at radius 1 is 1.40 bits per heavy atom. The van der Waals surface area contributed by atoms with Gasteiger partial charge in [-0.2, -0.15) is 0 Å². The first-order chi connectivity index (χ1) is 9.00. The van der Waals surface area contributed by atoms with E-state index in [1.165, 1.54) is 9.80 Å². The normalized spacial score (nSPS) is 21.4. The van der Waals surface area contributed by atoms with Gasteiger partial charge in [0.25, 0.3) is 0 Å². The zero-order chi connectivity index (χ0) is 15.7. The molecule has 0 saturated carbocycles. The summed E-state index contributed by atoms with van der Waals surface area (Å²) in [5.74, 6) is -1.62. The molecule has 8 heteroatoms. The molecule has 0 spiro atoms. The zero-order valence-corrected chi connectivity index (χ0v) is 12.1. The molecule has 0 aromatic heterocycles. The maximum absolute atomic E-state index is 12.1. The van der Waals surface area contributed by atoms with Crippen LogP contribution in [0.1, 0.15) is 20.8 Å². The van der Waals surface area contributed by atoms with Crippen molar-refractivity contribution in [3.05, 3.63) is 0 Å². The number of carboxylic acids is 1. The van der Waals surface area contributed by atoms with Gasteiger partial charge in [0.05, 0.1) is 6.54 Å². The molecule has 1 saturated heterocycles.